The summed E-state index contributed by atoms with van der Waals surface area (Å²) in [7, 11) is 0. The monoisotopic (exact) mass is 1250 g/mol. The molecule has 87 heavy (non-hydrogen) atoms. The van der Waals surface area contributed by atoms with Crippen molar-refractivity contribution in [2.45, 2.75) is 108 Å². The van der Waals surface area contributed by atoms with Crippen LogP contribution in [0.2, 0.25) is 0 Å². The van der Waals surface area contributed by atoms with E-state index in [1.54, 1.807) is 96.9 Å². The number of nitriles is 2. The number of Topliss-reactive ketones (excluding diaryl/α,β-unsaturated/α-hetero) is 1. The highest BCUT2D eigenvalue weighted by Gasteiger charge is 2.32. The van der Waals surface area contributed by atoms with Crippen LogP contribution in [0.25, 0.3) is 44.5 Å². The lowest BCUT2D eigenvalue weighted by atomic mass is 10.00. The molecule has 8 aromatic rings. The van der Waals surface area contributed by atoms with Gasteiger partial charge in [0.2, 0.25) is 5.91 Å². The lowest BCUT2D eigenvalue weighted by Gasteiger charge is -2.22. The Balaban J connectivity index is 0.000000212. The number of amides is 1. The van der Waals surface area contributed by atoms with Crippen LogP contribution in [0.4, 0.5) is 14.5 Å². The Morgan fingerprint density at radius 1 is 0.471 bits per heavy atom. The maximum atomic E-state index is 14.4. The Morgan fingerprint density at radius 2 is 0.816 bits per heavy atom. The molecule has 0 radical (unpaired) electrons. The summed E-state index contributed by atoms with van der Waals surface area (Å²) >= 11 is 5.07. The number of hydrogen-bond acceptors (Lipinski definition) is 16. The van der Waals surface area contributed by atoms with E-state index in [9.17, 15) is 48.1 Å². The minimum atomic E-state index is -1.06. The summed E-state index contributed by atoms with van der Waals surface area (Å²) in [6.07, 6.45) is 13.0. The molecule has 0 saturated carbocycles. The molecule has 448 valence electrons. The van der Waals surface area contributed by atoms with Crippen LogP contribution in [0.5, 0.6) is 0 Å². The molecule has 7 N–H and O–H groups in total. The van der Waals surface area contributed by atoms with Crippen molar-refractivity contribution < 1.29 is 48.1 Å². The third-order valence-electron chi connectivity index (χ3n) is 12.8. The third-order valence-corrected chi connectivity index (χ3v) is 17.9. The first-order valence-corrected chi connectivity index (χ1v) is 29.5. The number of ketones is 1. The summed E-state index contributed by atoms with van der Waals surface area (Å²) in [5.41, 5.74) is 18.8. The summed E-state index contributed by atoms with van der Waals surface area (Å²) in [6.45, 7) is 17.0. The van der Waals surface area contributed by atoms with Crippen molar-refractivity contribution in [3.8, 4) is 56.6 Å². The highest BCUT2D eigenvalue weighted by Crippen LogP contribution is 2.43. The van der Waals surface area contributed by atoms with E-state index in [0.717, 1.165) is 66.4 Å². The number of hydrogen-bond donors (Lipinski definition) is 5. The molecular formula is C65H62F2N8O8S4. The van der Waals surface area contributed by atoms with E-state index in [2.05, 4.69) is 26.0 Å². The minimum Gasteiger partial charge on any atom is -0.480 e. The fraction of sp³-hybridized carbons (Fsp3) is 0.215. The Hall–Kier alpha value is -8.93. The fourth-order valence-corrected chi connectivity index (χ4v) is 11.6. The highest BCUT2D eigenvalue weighted by molar-refractivity contribution is 8.02. The average Bonchev–Trinajstić information content (AvgIpc) is 1.31. The molecule has 0 fully saturated rings. The van der Waals surface area contributed by atoms with E-state index in [1.807, 2.05) is 75.4 Å². The number of anilines is 1. The molecule has 0 spiro atoms. The molecule has 0 aliphatic rings. The first kappa shape index (κ1) is 68.8. The van der Waals surface area contributed by atoms with Crippen molar-refractivity contribution in [1.29, 1.82) is 10.5 Å². The van der Waals surface area contributed by atoms with E-state index in [1.165, 1.54) is 78.9 Å². The standard InChI is InChI=1S/C17H17FN2O2S.C17H16N2O2S.C16H13FN2O2S.C15H16N2O2S/c1-10(21)17(2,3)23-15-6-7-20-9-13(15)12-5-4-11(16(19)22)8-14(12)18;1-11-8-12(9-18)4-5-13(11)14-10-19-7-6-15(14)22-17(2,3)16(20)21;1-16(2,15(20)21)22-14-5-6-19-9-12(14)11-4-3-10(8-18)7-13(11)17;1-15(2,14(18)19)20-13-7-8-17-9-12(13)10-3-5-11(16)6-4-10/h4-9H,1-3H3,(H2,19,22);4-8,10H,1-3H3,(H,20,21);3-7,9H,1-2H3,(H,20,21);3-9H,16H2,1-2H3,(H,18,19). The number of halogens is 2. The number of aliphatic carboxylic acids is 3. The number of thioether (sulfide) groups is 4. The van der Waals surface area contributed by atoms with Gasteiger partial charge in [-0.05, 0) is 159 Å². The second kappa shape index (κ2) is 29.9. The van der Waals surface area contributed by atoms with Gasteiger partial charge in [-0.3, -0.25) is 43.9 Å². The number of pyridine rings is 4. The summed E-state index contributed by atoms with van der Waals surface area (Å²) in [5, 5.41) is 45.6. The number of carboxylic acid groups (broad SMARTS) is 3. The van der Waals surface area contributed by atoms with Gasteiger partial charge in [0.25, 0.3) is 0 Å². The summed E-state index contributed by atoms with van der Waals surface area (Å²) in [6, 6.07) is 32.2. The van der Waals surface area contributed by atoms with Gasteiger partial charge in [0.1, 0.15) is 31.7 Å². The number of carboxylic acids is 3. The van der Waals surface area contributed by atoms with Crippen LogP contribution in [0.3, 0.4) is 0 Å². The van der Waals surface area contributed by atoms with E-state index in [-0.39, 0.29) is 22.5 Å². The van der Waals surface area contributed by atoms with Gasteiger partial charge >= 0.3 is 17.9 Å². The molecule has 0 aliphatic heterocycles. The van der Waals surface area contributed by atoms with Crippen LogP contribution < -0.4 is 11.5 Å². The summed E-state index contributed by atoms with van der Waals surface area (Å²) < 4.78 is 25.0. The SMILES string of the molecule is CC(=O)C(C)(C)Sc1ccncc1-c1ccc(C(N)=O)cc1F.CC(C)(Sc1ccncc1-c1ccc(C#N)cc1F)C(=O)O.CC(C)(Sc1ccncc1-c1ccc(N)cc1)C(=O)O.Cc1cc(C#N)ccc1-c1cnccc1SC(C)(C)C(=O)O. The molecule has 0 bridgehead atoms. The zero-order valence-corrected chi connectivity index (χ0v) is 52.3. The van der Waals surface area contributed by atoms with Crippen LogP contribution in [0.15, 0.2) is 172 Å². The molecule has 4 aromatic heterocycles. The van der Waals surface area contributed by atoms with Gasteiger partial charge in [-0.1, -0.05) is 30.3 Å². The van der Waals surface area contributed by atoms with Crippen LogP contribution >= 0.6 is 47.0 Å². The topological polar surface area (TPSA) is 297 Å². The van der Waals surface area contributed by atoms with Crippen molar-refractivity contribution in [1.82, 2.24) is 19.9 Å². The molecule has 0 atom stereocenters. The van der Waals surface area contributed by atoms with Crippen molar-refractivity contribution in [2.75, 3.05) is 5.73 Å². The molecule has 22 heteroatoms. The molecule has 4 heterocycles. The number of benzene rings is 4. The number of nitrogen functional groups attached to an aromatic ring is 1. The number of carbonyl (C=O) groups is 5. The van der Waals surface area contributed by atoms with Gasteiger partial charge in [0.15, 0.2) is 0 Å². The summed E-state index contributed by atoms with van der Waals surface area (Å²) in [5.74, 6) is -4.43. The highest BCUT2D eigenvalue weighted by atomic mass is 32.2. The quantitative estimate of drug-likeness (QED) is 0.0418. The van der Waals surface area contributed by atoms with Gasteiger partial charge in [-0.2, -0.15) is 10.5 Å². The molecule has 8 rings (SSSR count). The molecule has 16 nitrogen and oxygen atoms in total. The Bertz CT molecular complexity index is 3810. The Labute approximate surface area is 520 Å². The first-order valence-electron chi connectivity index (χ1n) is 26.2. The van der Waals surface area contributed by atoms with Crippen molar-refractivity contribution >= 4 is 82.3 Å². The van der Waals surface area contributed by atoms with Gasteiger partial charge in [-0.25, -0.2) is 8.78 Å². The second-order valence-corrected chi connectivity index (χ2v) is 27.7. The van der Waals surface area contributed by atoms with Crippen LogP contribution in [-0.4, -0.2) is 83.8 Å². The molecular weight excluding hydrogens is 1190 g/mol. The summed E-state index contributed by atoms with van der Waals surface area (Å²) in [4.78, 5) is 76.2. The van der Waals surface area contributed by atoms with E-state index >= 15 is 0 Å². The van der Waals surface area contributed by atoms with E-state index < -0.39 is 54.4 Å². The fourth-order valence-electron chi connectivity index (χ4n) is 7.40. The number of nitrogens with zero attached hydrogens (tertiary/aromatic N) is 6. The molecule has 0 aliphatic carbocycles. The first-order chi connectivity index (χ1) is 40.8. The lowest BCUT2D eigenvalue weighted by molar-refractivity contribution is -0.139. The van der Waals surface area contributed by atoms with Crippen LogP contribution in [0.1, 0.15) is 89.4 Å². The molecule has 4 aromatic carbocycles. The Morgan fingerprint density at radius 3 is 1.17 bits per heavy atom. The Kier molecular flexibility index (Phi) is 23.7. The van der Waals surface area contributed by atoms with Crippen molar-refractivity contribution in [3.05, 3.63) is 187 Å². The lowest BCUT2D eigenvalue weighted by Crippen LogP contribution is -2.27. The number of aryl methyl sites for hydroxylation is 1. The van der Waals surface area contributed by atoms with E-state index in [0.29, 0.717) is 32.8 Å². The van der Waals surface area contributed by atoms with Gasteiger partial charge < -0.3 is 26.8 Å². The number of nitrogens with two attached hydrogens (primary N) is 2. The number of rotatable bonds is 17. The smallest absolute Gasteiger partial charge is 0.319 e. The number of carbonyl (C=O) groups excluding carboxylic acids is 2. The average molecular weight is 1250 g/mol. The zero-order valence-electron chi connectivity index (χ0n) is 49.0. The predicted octanol–water partition coefficient (Wildman–Crippen LogP) is 14.3. The number of aromatic nitrogens is 4. The third kappa shape index (κ3) is 18.8. The maximum absolute atomic E-state index is 14.4. The normalized spacial score (nSPS) is 11.1. The molecule has 1 amide bonds. The molecule has 0 unspecified atom stereocenters. The molecule has 0 saturated heterocycles. The van der Waals surface area contributed by atoms with Crippen LogP contribution in [0, 0.1) is 41.2 Å². The predicted molar refractivity (Wildman–Crippen MR) is 339 cm³/mol. The second-order valence-electron chi connectivity index (χ2n) is 21.0. The van der Waals surface area contributed by atoms with E-state index in [4.69, 9.17) is 22.0 Å². The van der Waals surface area contributed by atoms with Gasteiger partial charge in [-0.15, -0.1) is 47.0 Å². The minimum absolute atomic E-state index is 0.0230. The van der Waals surface area contributed by atoms with Crippen LogP contribution in [-0.2, 0) is 19.2 Å². The van der Waals surface area contributed by atoms with Gasteiger partial charge in [0.05, 0.1) is 28.0 Å². The largest absolute Gasteiger partial charge is 0.480 e. The zero-order chi connectivity index (χ0) is 64.6. The number of primary amides is 1. The van der Waals surface area contributed by atoms with Crippen molar-refractivity contribution in [3.63, 3.8) is 0 Å². The maximum Gasteiger partial charge on any atom is 0.319 e. The van der Waals surface area contributed by atoms with Gasteiger partial charge in [0, 0.05) is 114 Å². The van der Waals surface area contributed by atoms with Crippen molar-refractivity contribution in [2.24, 2.45) is 5.73 Å².